The molecule has 1 saturated heterocycles. The molecule has 0 bridgehead atoms. The predicted molar refractivity (Wildman–Crippen MR) is 162 cm³/mol. The summed E-state index contributed by atoms with van der Waals surface area (Å²) in [6, 6.07) is 17.9. The van der Waals surface area contributed by atoms with Crippen LogP contribution < -0.4 is 14.4 Å². The van der Waals surface area contributed by atoms with Gasteiger partial charge < -0.3 is 9.47 Å². The molecule has 0 aromatic heterocycles. The molecule has 4 nitrogen and oxygen atoms in total. The molecule has 0 saturated carbocycles. The lowest BCUT2D eigenvalue weighted by atomic mass is 10.0. The van der Waals surface area contributed by atoms with Crippen LogP contribution in [0.3, 0.4) is 0 Å². The molecule has 0 unspecified atom stereocenters. The molecular formula is C30H28BrNO3S2. The predicted octanol–water partition coefficient (Wildman–Crippen LogP) is 8.18. The van der Waals surface area contributed by atoms with Gasteiger partial charge in [-0.2, -0.15) is 0 Å². The largest absolute Gasteiger partial charge is 0.490 e. The fourth-order valence-corrected chi connectivity index (χ4v) is 5.51. The van der Waals surface area contributed by atoms with Gasteiger partial charge >= 0.3 is 0 Å². The third kappa shape index (κ3) is 6.35. The second kappa shape index (κ2) is 12.1. The first-order valence-corrected chi connectivity index (χ1v) is 14.0. The number of ether oxygens (including phenoxy) is 2. The Kier molecular flexibility index (Phi) is 8.90. The summed E-state index contributed by atoms with van der Waals surface area (Å²) in [4.78, 5) is 15.5. The van der Waals surface area contributed by atoms with E-state index in [0.717, 1.165) is 32.4 Å². The van der Waals surface area contributed by atoms with E-state index in [1.165, 1.54) is 17.3 Å². The molecular weight excluding hydrogens is 566 g/mol. The summed E-state index contributed by atoms with van der Waals surface area (Å²) >= 11 is 10.4. The van der Waals surface area contributed by atoms with Crippen molar-refractivity contribution in [1.82, 2.24) is 0 Å². The van der Waals surface area contributed by atoms with Crippen LogP contribution in [0.4, 0.5) is 5.69 Å². The number of hydrogen-bond acceptors (Lipinski definition) is 5. The van der Waals surface area contributed by atoms with Crippen LogP contribution in [0, 0.1) is 13.8 Å². The number of allylic oxidation sites excluding steroid dienone is 1. The van der Waals surface area contributed by atoms with Gasteiger partial charge in [0, 0.05) is 10.0 Å². The van der Waals surface area contributed by atoms with Gasteiger partial charge in [0.2, 0.25) is 0 Å². The summed E-state index contributed by atoms with van der Waals surface area (Å²) < 4.78 is 13.8. The highest BCUT2D eigenvalue weighted by atomic mass is 79.9. The molecule has 190 valence electrons. The zero-order chi connectivity index (χ0) is 26.5. The van der Waals surface area contributed by atoms with Gasteiger partial charge in [-0.1, -0.05) is 64.2 Å². The van der Waals surface area contributed by atoms with Crippen LogP contribution in [0.2, 0.25) is 0 Å². The summed E-state index contributed by atoms with van der Waals surface area (Å²) in [5.74, 6) is 1.19. The van der Waals surface area contributed by atoms with Crippen LogP contribution in [-0.4, -0.2) is 16.8 Å². The smallest absolute Gasteiger partial charge is 0.270 e. The minimum Gasteiger partial charge on any atom is -0.490 e. The summed E-state index contributed by atoms with van der Waals surface area (Å²) in [6.07, 6.45) is 4.30. The lowest BCUT2D eigenvalue weighted by Gasteiger charge is -2.17. The normalized spacial score (nSPS) is 14.4. The van der Waals surface area contributed by atoms with Crippen molar-refractivity contribution in [3.8, 4) is 11.5 Å². The van der Waals surface area contributed by atoms with E-state index in [4.69, 9.17) is 21.7 Å². The number of carbonyl (C=O) groups excluding carboxylic acids is 1. The molecule has 1 aliphatic heterocycles. The lowest BCUT2D eigenvalue weighted by Crippen LogP contribution is -2.27. The summed E-state index contributed by atoms with van der Waals surface area (Å²) in [7, 11) is 0. The third-order valence-electron chi connectivity index (χ3n) is 5.95. The van der Waals surface area contributed by atoms with Gasteiger partial charge in [0.1, 0.15) is 6.61 Å². The molecule has 1 heterocycles. The van der Waals surface area contributed by atoms with Gasteiger partial charge in [-0.3, -0.25) is 9.69 Å². The minimum atomic E-state index is -0.128. The van der Waals surface area contributed by atoms with E-state index in [9.17, 15) is 4.79 Å². The van der Waals surface area contributed by atoms with Crippen molar-refractivity contribution in [2.45, 2.75) is 33.8 Å². The van der Waals surface area contributed by atoms with Crippen molar-refractivity contribution in [1.29, 1.82) is 0 Å². The zero-order valence-electron chi connectivity index (χ0n) is 21.0. The first-order chi connectivity index (χ1) is 17.8. The van der Waals surface area contributed by atoms with Crippen molar-refractivity contribution < 1.29 is 14.3 Å². The molecule has 0 radical (unpaired) electrons. The minimum absolute atomic E-state index is 0.128. The maximum absolute atomic E-state index is 13.4. The van der Waals surface area contributed by atoms with E-state index in [0.29, 0.717) is 40.4 Å². The Morgan fingerprint density at radius 3 is 2.49 bits per heavy atom. The van der Waals surface area contributed by atoms with E-state index >= 15 is 0 Å². The highest BCUT2D eigenvalue weighted by molar-refractivity contribution is 9.10. The molecule has 1 aliphatic rings. The second-order valence-electron chi connectivity index (χ2n) is 8.63. The average Bonchev–Trinajstić information content (AvgIpc) is 3.14. The second-order valence-corrected chi connectivity index (χ2v) is 11.2. The fourth-order valence-electron chi connectivity index (χ4n) is 3.94. The first-order valence-electron chi connectivity index (χ1n) is 11.9. The van der Waals surface area contributed by atoms with Gasteiger partial charge in [0.05, 0.1) is 17.2 Å². The van der Waals surface area contributed by atoms with Crippen molar-refractivity contribution in [3.63, 3.8) is 0 Å². The van der Waals surface area contributed by atoms with Gasteiger partial charge in [-0.25, -0.2) is 0 Å². The van der Waals surface area contributed by atoms with Crippen molar-refractivity contribution in [2.75, 3.05) is 11.5 Å². The Morgan fingerprint density at radius 2 is 1.81 bits per heavy atom. The number of halogens is 1. The Balaban J connectivity index is 1.66. The monoisotopic (exact) mass is 593 g/mol. The summed E-state index contributed by atoms with van der Waals surface area (Å²) in [5, 5.41) is 0. The number of thiocarbonyl (C=S) groups is 1. The van der Waals surface area contributed by atoms with Crippen LogP contribution in [0.1, 0.15) is 34.7 Å². The molecule has 1 fully saturated rings. The molecule has 3 aromatic rings. The van der Waals surface area contributed by atoms with Crippen LogP contribution in [0.15, 0.2) is 76.6 Å². The number of anilines is 1. The number of thioether (sulfide) groups is 1. The summed E-state index contributed by atoms with van der Waals surface area (Å²) in [5.41, 5.74) is 5.91. The van der Waals surface area contributed by atoms with E-state index in [2.05, 4.69) is 22.5 Å². The van der Waals surface area contributed by atoms with Crippen LogP contribution in [-0.2, 0) is 17.8 Å². The molecule has 0 atom stereocenters. The van der Waals surface area contributed by atoms with Gasteiger partial charge in [0.25, 0.3) is 5.91 Å². The van der Waals surface area contributed by atoms with E-state index < -0.39 is 0 Å². The molecule has 0 aliphatic carbocycles. The number of nitrogens with zero attached hydrogens (tertiary/aromatic N) is 1. The lowest BCUT2D eigenvalue weighted by molar-refractivity contribution is -0.113. The third-order valence-corrected chi connectivity index (χ3v) is 7.79. The maximum atomic E-state index is 13.4. The molecule has 37 heavy (non-hydrogen) atoms. The van der Waals surface area contributed by atoms with Gasteiger partial charge in [0.15, 0.2) is 15.8 Å². The number of hydrogen-bond donors (Lipinski definition) is 0. The van der Waals surface area contributed by atoms with Crippen molar-refractivity contribution in [2.24, 2.45) is 0 Å². The number of rotatable bonds is 9. The highest BCUT2D eigenvalue weighted by Gasteiger charge is 2.33. The van der Waals surface area contributed by atoms with Crippen molar-refractivity contribution in [3.05, 3.63) is 104 Å². The zero-order valence-corrected chi connectivity index (χ0v) is 24.3. The first kappa shape index (κ1) is 27.2. The van der Waals surface area contributed by atoms with E-state index in [1.54, 1.807) is 4.90 Å². The van der Waals surface area contributed by atoms with Crippen LogP contribution in [0.5, 0.6) is 11.5 Å². The quantitative estimate of drug-likeness (QED) is 0.142. The number of benzene rings is 3. The van der Waals surface area contributed by atoms with Gasteiger partial charge in [-0.15, -0.1) is 6.58 Å². The maximum Gasteiger partial charge on any atom is 0.270 e. The van der Waals surface area contributed by atoms with Gasteiger partial charge in [-0.05, 0) is 91.9 Å². The van der Waals surface area contributed by atoms with Crippen LogP contribution >= 0.6 is 39.9 Å². The Bertz CT molecular complexity index is 1380. The Morgan fingerprint density at radius 1 is 1.05 bits per heavy atom. The van der Waals surface area contributed by atoms with Crippen molar-refractivity contribution >= 4 is 61.9 Å². The standard InChI is InChI=1S/C30H28BrNO3S2/c1-5-7-23-15-22(16-26(34-6-2)28(23)35-18-21-9-11-24(31)12-10-21)17-27-29(33)32(30(36)37-27)25-13-8-19(3)20(4)14-25/h5,8-17H,1,6-7,18H2,2-4H3/b27-17+. The molecule has 1 amide bonds. The number of aryl methyl sites for hydroxylation is 2. The Labute approximate surface area is 236 Å². The molecule has 0 spiro atoms. The number of amides is 1. The average molecular weight is 595 g/mol. The molecule has 4 rings (SSSR count). The van der Waals surface area contributed by atoms with E-state index in [-0.39, 0.29) is 5.91 Å². The molecule has 3 aromatic carbocycles. The fraction of sp³-hybridized carbons (Fsp3) is 0.200. The summed E-state index contributed by atoms with van der Waals surface area (Å²) in [6.45, 7) is 10.8. The number of carbonyl (C=O) groups is 1. The highest BCUT2D eigenvalue weighted by Crippen LogP contribution is 2.39. The SMILES string of the molecule is C=CCc1cc(/C=C2/SC(=S)N(c3ccc(C)c(C)c3)C2=O)cc(OCC)c1OCc1ccc(Br)cc1. The topological polar surface area (TPSA) is 38.8 Å². The van der Waals surface area contributed by atoms with Crippen LogP contribution in [0.25, 0.3) is 6.08 Å². The Hall–Kier alpha value is -2.87. The molecule has 0 N–H and O–H groups in total. The van der Waals surface area contributed by atoms with E-state index in [1.807, 2.05) is 87.5 Å². The molecule has 7 heteroatoms.